The lowest BCUT2D eigenvalue weighted by Gasteiger charge is -2.12. The van der Waals surface area contributed by atoms with Crippen molar-refractivity contribution in [2.75, 3.05) is 30.4 Å². The number of methoxy groups -OCH3 is 1. The van der Waals surface area contributed by atoms with Crippen molar-refractivity contribution in [2.45, 2.75) is 11.8 Å². The van der Waals surface area contributed by atoms with Gasteiger partial charge in [0.15, 0.2) is 5.82 Å². The molecule has 2 N–H and O–H groups in total. The molecule has 0 fully saturated rings. The summed E-state index contributed by atoms with van der Waals surface area (Å²) in [5.41, 5.74) is 0.788. The highest BCUT2D eigenvalue weighted by Gasteiger charge is 2.17. The number of hydrogen-bond acceptors (Lipinski definition) is 7. The lowest BCUT2D eigenvalue weighted by Crippen LogP contribution is -2.15. The van der Waals surface area contributed by atoms with E-state index in [2.05, 4.69) is 15.2 Å². The smallest absolute Gasteiger partial charge is 0.263 e. The van der Waals surface area contributed by atoms with Crippen LogP contribution in [0.1, 0.15) is 16.1 Å². The molecule has 1 aromatic heterocycles. The van der Waals surface area contributed by atoms with Crippen LogP contribution in [-0.4, -0.2) is 39.8 Å². The molecule has 0 aliphatic carbocycles. The van der Waals surface area contributed by atoms with Crippen LogP contribution in [0.25, 0.3) is 0 Å². The molecule has 0 saturated carbocycles. The SMILES string of the molecule is COCCOc1ccccc1C(=O)Nc1ccc(S(=O)(=O)Nc2cc(C)on2)cc1. The summed E-state index contributed by atoms with van der Waals surface area (Å²) >= 11 is 0. The minimum Gasteiger partial charge on any atom is -0.490 e. The average Bonchev–Trinajstić information content (AvgIpc) is 3.13. The second kappa shape index (κ2) is 9.42. The minimum atomic E-state index is -3.83. The number of amides is 1. The zero-order valence-corrected chi connectivity index (χ0v) is 17.2. The van der Waals surface area contributed by atoms with E-state index in [-0.39, 0.29) is 16.6 Å². The molecule has 3 rings (SSSR count). The normalized spacial score (nSPS) is 11.1. The molecule has 0 atom stereocenters. The number of para-hydroxylation sites is 1. The first-order valence-electron chi connectivity index (χ1n) is 8.97. The molecule has 0 bridgehead atoms. The van der Waals surface area contributed by atoms with E-state index in [1.54, 1.807) is 38.3 Å². The van der Waals surface area contributed by atoms with Crippen LogP contribution in [0.5, 0.6) is 5.75 Å². The summed E-state index contributed by atoms with van der Waals surface area (Å²) in [5, 5.41) is 6.34. The predicted molar refractivity (Wildman–Crippen MR) is 110 cm³/mol. The Labute approximate surface area is 174 Å². The standard InChI is InChI=1S/C20H21N3O6S/c1-14-13-19(22-29-14)23-30(25,26)16-9-7-15(8-10-16)21-20(24)17-5-3-4-6-18(17)28-12-11-27-2/h3-10,13H,11-12H2,1-2H3,(H,21,24)(H,22,23). The van der Waals surface area contributed by atoms with Gasteiger partial charge in [0.05, 0.1) is 17.1 Å². The zero-order valence-electron chi connectivity index (χ0n) is 16.4. The Hall–Kier alpha value is -3.37. The van der Waals surface area contributed by atoms with E-state index < -0.39 is 10.0 Å². The van der Waals surface area contributed by atoms with Crippen molar-refractivity contribution in [3.05, 3.63) is 65.9 Å². The maximum absolute atomic E-state index is 12.6. The van der Waals surface area contributed by atoms with Crippen molar-refractivity contribution >= 4 is 27.4 Å². The third-order valence-corrected chi connectivity index (χ3v) is 5.34. The Balaban J connectivity index is 1.69. The van der Waals surface area contributed by atoms with Gasteiger partial charge in [0.2, 0.25) is 0 Å². The molecule has 0 spiro atoms. The van der Waals surface area contributed by atoms with E-state index in [1.807, 2.05) is 0 Å². The second-order valence-corrected chi connectivity index (χ2v) is 7.93. The molecule has 0 unspecified atom stereocenters. The summed E-state index contributed by atoms with van der Waals surface area (Å²) < 4.78 is 42.6. The molecule has 3 aromatic rings. The van der Waals surface area contributed by atoms with Crippen molar-refractivity contribution in [1.29, 1.82) is 0 Å². The molecular weight excluding hydrogens is 410 g/mol. The van der Waals surface area contributed by atoms with Crippen LogP contribution < -0.4 is 14.8 Å². The van der Waals surface area contributed by atoms with Crippen LogP contribution in [0.4, 0.5) is 11.5 Å². The molecule has 1 heterocycles. The lowest BCUT2D eigenvalue weighted by atomic mass is 10.2. The summed E-state index contributed by atoms with van der Waals surface area (Å²) in [5.74, 6) is 0.625. The number of nitrogens with one attached hydrogen (secondary N) is 2. The summed E-state index contributed by atoms with van der Waals surface area (Å²) in [6.45, 7) is 2.36. The topological polar surface area (TPSA) is 120 Å². The highest BCUT2D eigenvalue weighted by molar-refractivity contribution is 7.92. The summed E-state index contributed by atoms with van der Waals surface area (Å²) in [7, 11) is -2.27. The van der Waals surface area contributed by atoms with Crippen molar-refractivity contribution in [2.24, 2.45) is 0 Å². The number of rotatable bonds is 9. The fourth-order valence-electron chi connectivity index (χ4n) is 2.54. The number of carbonyl (C=O) groups is 1. The maximum atomic E-state index is 12.6. The van der Waals surface area contributed by atoms with Crippen LogP contribution in [0.2, 0.25) is 0 Å². The molecule has 0 aliphatic rings. The van der Waals surface area contributed by atoms with E-state index in [1.165, 1.54) is 30.3 Å². The number of aromatic nitrogens is 1. The van der Waals surface area contributed by atoms with Gasteiger partial charge in [0.25, 0.3) is 15.9 Å². The molecule has 0 aliphatic heterocycles. The number of anilines is 2. The van der Waals surface area contributed by atoms with Gasteiger partial charge in [-0.3, -0.25) is 9.52 Å². The van der Waals surface area contributed by atoms with E-state index >= 15 is 0 Å². The highest BCUT2D eigenvalue weighted by atomic mass is 32.2. The first-order valence-corrected chi connectivity index (χ1v) is 10.5. The van der Waals surface area contributed by atoms with Gasteiger partial charge in [0, 0.05) is 18.9 Å². The maximum Gasteiger partial charge on any atom is 0.263 e. The number of carbonyl (C=O) groups excluding carboxylic acids is 1. The zero-order chi connectivity index (χ0) is 21.6. The van der Waals surface area contributed by atoms with Gasteiger partial charge in [-0.15, -0.1) is 0 Å². The summed E-state index contributed by atoms with van der Waals surface area (Å²) in [6, 6.07) is 14.0. The van der Waals surface area contributed by atoms with Gasteiger partial charge in [0.1, 0.15) is 18.1 Å². The van der Waals surface area contributed by atoms with Crippen molar-refractivity contribution < 1.29 is 27.2 Å². The van der Waals surface area contributed by atoms with Crippen LogP contribution in [-0.2, 0) is 14.8 Å². The molecule has 2 aromatic carbocycles. The van der Waals surface area contributed by atoms with Gasteiger partial charge < -0.3 is 19.3 Å². The van der Waals surface area contributed by atoms with E-state index in [0.717, 1.165) is 0 Å². The molecule has 158 valence electrons. The van der Waals surface area contributed by atoms with Crippen LogP contribution >= 0.6 is 0 Å². The molecule has 1 amide bonds. The second-order valence-electron chi connectivity index (χ2n) is 6.24. The fourth-order valence-corrected chi connectivity index (χ4v) is 3.53. The van der Waals surface area contributed by atoms with Gasteiger partial charge in [-0.2, -0.15) is 0 Å². The summed E-state index contributed by atoms with van der Waals surface area (Å²) in [6.07, 6.45) is 0. The number of aryl methyl sites for hydroxylation is 1. The van der Waals surface area contributed by atoms with Crippen LogP contribution in [0, 0.1) is 6.92 Å². The van der Waals surface area contributed by atoms with E-state index in [9.17, 15) is 13.2 Å². The number of nitrogens with zero attached hydrogens (tertiary/aromatic N) is 1. The molecule has 9 nitrogen and oxygen atoms in total. The molecule has 0 saturated heterocycles. The van der Waals surface area contributed by atoms with Gasteiger partial charge in [-0.05, 0) is 43.3 Å². The lowest BCUT2D eigenvalue weighted by molar-refractivity contribution is 0.101. The Morgan fingerprint density at radius 1 is 1.10 bits per heavy atom. The van der Waals surface area contributed by atoms with Crippen LogP contribution in [0.3, 0.4) is 0 Å². The minimum absolute atomic E-state index is 0.0180. The Morgan fingerprint density at radius 3 is 2.50 bits per heavy atom. The number of benzene rings is 2. The Kier molecular flexibility index (Phi) is 6.70. The fraction of sp³-hybridized carbons (Fsp3) is 0.200. The molecule has 0 radical (unpaired) electrons. The van der Waals surface area contributed by atoms with Gasteiger partial charge >= 0.3 is 0 Å². The quantitative estimate of drug-likeness (QED) is 0.500. The first kappa shape index (κ1) is 21.3. The predicted octanol–water partition coefficient (Wildman–Crippen LogP) is 3.06. The third-order valence-electron chi connectivity index (χ3n) is 3.97. The van der Waals surface area contributed by atoms with Gasteiger partial charge in [-0.1, -0.05) is 17.3 Å². The number of hydrogen-bond donors (Lipinski definition) is 2. The number of sulfonamides is 1. The van der Waals surface area contributed by atoms with E-state index in [4.69, 9.17) is 14.0 Å². The van der Waals surface area contributed by atoms with Crippen molar-refractivity contribution in [1.82, 2.24) is 5.16 Å². The highest BCUT2D eigenvalue weighted by Crippen LogP contribution is 2.21. The number of ether oxygens (including phenoxy) is 2. The Bertz CT molecular complexity index is 1110. The molecule has 10 heteroatoms. The Morgan fingerprint density at radius 2 is 1.83 bits per heavy atom. The molecular formula is C20H21N3O6S. The van der Waals surface area contributed by atoms with Crippen molar-refractivity contribution in [3.63, 3.8) is 0 Å². The van der Waals surface area contributed by atoms with E-state index in [0.29, 0.717) is 36.0 Å². The largest absolute Gasteiger partial charge is 0.490 e. The average molecular weight is 431 g/mol. The first-order chi connectivity index (χ1) is 14.4. The van der Waals surface area contributed by atoms with Crippen LogP contribution in [0.15, 0.2) is 64.0 Å². The molecule has 30 heavy (non-hydrogen) atoms. The van der Waals surface area contributed by atoms with Crippen molar-refractivity contribution in [3.8, 4) is 5.75 Å². The van der Waals surface area contributed by atoms with Gasteiger partial charge in [-0.25, -0.2) is 8.42 Å². The third kappa shape index (κ3) is 5.37. The monoisotopic (exact) mass is 431 g/mol. The summed E-state index contributed by atoms with van der Waals surface area (Å²) in [4.78, 5) is 12.6.